The largest absolute Gasteiger partial charge is 0.493 e. The van der Waals surface area contributed by atoms with Gasteiger partial charge in [-0.25, -0.2) is 14.2 Å². The maximum atomic E-state index is 14.4. The van der Waals surface area contributed by atoms with Crippen LogP contribution in [-0.4, -0.2) is 73.1 Å². The minimum absolute atomic E-state index is 0.0170. The van der Waals surface area contributed by atoms with Crippen LogP contribution in [-0.2, 0) is 11.2 Å². The summed E-state index contributed by atoms with van der Waals surface area (Å²) in [4.78, 5) is 34.2. The molecule has 0 N–H and O–H groups in total. The fourth-order valence-electron chi connectivity index (χ4n) is 7.05. The van der Waals surface area contributed by atoms with E-state index in [1.807, 2.05) is 13.0 Å². The number of methoxy groups -OCH3 is 2. The third kappa shape index (κ3) is 7.27. The average Bonchev–Trinajstić information content (AvgIpc) is 3.69. The quantitative estimate of drug-likeness (QED) is 0.229. The molecule has 10 heteroatoms. The summed E-state index contributed by atoms with van der Waals surface area (Å²) in [5, 5.41) is 0. The van der Waals surface area contributed by atoms with Crippen LogP contribution in [0.5, 0.6) is 17.2 Å². The molecule has 6 rings (SSSR count). The predicted octanol–water partition coefficient (Wildman–Crippen LogP) is 7.20. The van der Waals surface area contributed by atoms with Gasteiger partial charge in [0, 0.05) is 25.6 Å². The van der Waals surface area contributed by atoms with E-state index in [1.165, 1.54) is 58.2 Å². The van der Waals surface area contributed by atoms with Crippen molar-refractivity contribution < 1.29 is 32.6 Å². The summed E-state index contributed by atoms with van der Waals surface area (Å²) in [6.45, 7) is 5.58. The summed E-state index contributed by atoms with van der Waals surface area (Å²) in [6.07, 6.45) is 11.0. The number of hydrogen-bond donors (Lipinski definition) is 0. The van der Waals surface area contributed by atoms with Crippen LogP contribution in [0.1, 0.15) is 74.3 Å². The first kappa shape index (κ1) is 32.5. The number of ether oxygens (including phenoxy) is 3. The first-order valence-electron chi connectivity index (χ1n) is 16.4. The van der Waals surface area contributed by atoms with E-state index in [-0.39, 0.29) is 30.2 Å². The van der Waals surface area contributed by atoms with Crippen LogP contribution in [0.25, 0.3) is 17.2 Å². The minimum Gasteiger partial charge on any atom is -0.493 e. The molecule has 0 saturated carbocycles. The summed E-state index contributed by atoms with van der Waals surface area (Å²) >= 11 is 0. The molecule has 1 amide bonds. The van der Waals surface area contributed by atoms with Crippen molar-refractivity contribution in [2.24, 2.45) is 0 Å². The van der Waals surface area contributed by atoms with Crippen molar-refractivity contribution in [1.82, 2.24) is 14.8 Å². The second-order valence-corrected chi connectivity index (χ2v) is 12.5. The van der Waals surface area contributed by atoms with Crippen LogP contribution < -0.4 is 14.2 Å². The highest BCUT2D eigenvalue weighted by Crippen LogP contribution is 2.46. The van der Waals surface area contributed by atoms with Crippen LogP contribution in [0.3, 0.4) is 0 Å². The number of halogens is 1. The van der Waals surface area contributed by atoms with Gasteiger partial charge in [0.2, 0.25) is 5.75 Å². The SMILES string of the molecule is COc1cc(/C=C2/C(C)=C(CCC(=O)Cc3cnco3)c3cc(F)ccc32)cc(OC)c1OC(=O)N1CCC(N2CCCCC2)CC1. The molecule has 1 aromatic heterocycles. The van der Waals surface area contributed by atoms with Gasteiger partial charge in [0.1, 0.15) is 17.4 Å². The number of oxazole rings is 1. The summed E-state index contributed by atoms with van der Waals surface area (Å²) in [5.41, 5.74) is 5.19. The van der Waals surface area contributed by atoms with Gasteiger partial charge in [0.05, 0.1) is 26.8 Å². The molecule has 2 fully saturated rings. The van der Waals surface area contributed by atoms with Crippen LogP contribution in [0.2, 0.25) is 0 Å². The van der Waals surface area contributed by atoms with E-state index >= 15 is 0 Å². The van der Waals surface area contributed by atoms with E-state index in [4.69, 9.17) is 18.6 Å². The molecule has 0 unspecified atom stereocenters. The zero-order valence-electron chi connectivity index (χ0n) is 27.4. The number of likely N-dealkylation sites (tertiary alicyclic amines) is 2. The molecule has 0 bridgehead atoms. The molecule has 0 spiro atoms. The third-order valence-electron chi connectivity index (χ3n) is 9.58. The topological polar surface area (TPSA) is 94.3 Å². The van der Waals surface area contributed by atoms with Crippen molar-refractivity contribution in [2.45, 2.75) is 64.3 Å². The molecule has 3 heterocycles. The fraction of sp³-hybridized carbons (Fsp3) is 0.432. The Morgan fingerprint density at radius 1 is 1.00 bits per heavy atom. The molecular formula is C37H42FN3O6. The number of carbonyl (C=O) groups excluding carboxylic acids is 2. The second kappa shape index (κ2) is 14.5. The number of rotatable bonds is 10. The number of nitrogens with zero attached hydrogens (tertiary/aromatic N) is 3. The van der Waals surface area contributed by atoms with Crippen molar-refractivity contribution >= 4 is 29.1 Å². The summed E-state index contributed by atoms with van der Waals surface area (Å²) in [5.74, 6) is 1.16. The standard InChI is InChI=1S/C37H42FN3O6/c1-24-30(10-8-28(42)21-29-22-39-23-46-29)33-20-26(38)7-9-31(33)32(24)17-25-18-34(44-2)36(35(19-25)45-3)47-37(43)41-15-11-27(12-16-41)40-13-5-4-6-14-40/h7,9,17-20,22-23,27H,4-6,8,10-16,21H2,1-3H3/b32-17-. The summed E-state index contributed by atoms with van der Waals surface area (Å²) in [7, 11) is 3.06. The first-order chi connectivity index (χ1) is 22.8. The van der Waals surface area contributed by atoms with E-state index in [0.29, 0.717) is 42.8 Å². The zero-order chi connectivity index (χ0) is 32.9. The van der Waals surface area contributed by atoms with Gasteiger partial charge >= 0.3 is 6.09 Å². The average molecular weight is 644 g/mol. The molecule has 47 heavy (non-hydrogen) atoms. The van der Waals surface area contributed by atoms with E-state index in [9.17, 15) is 14.0 Å². The van der Waals surface area contributed by atoms with Crippen molar-refractivity contribution in [3.63, 3.8) is 0 Å². The maximum Gasteiger partial charge on any atom is 0.415 e. The first-order valence-corrected chi connectivity index (χ1v) is 16.4. The zero-order valence-corrected chi connectivity index (χ0v) is 27.4. The molecule has 9 nitrogen and oxygen atoms in total. The molecule has 3 aromatic rings. The predicted molar refractivity (Wildman–Crippen MR) is 177 cm³/mol. The fourth-order valence-corrected chi connectivity index (χ4v) is 7.05. The van der Waals surface area contributed by atoms with E-state index in [0.717, 1.165) is 59.3 Å². The van der Waals surface area contributed by atoms with Crippen LogP contribution in [0, 0.1) is 5.82 Å². The van der Waals surface area contributed by atoms with Gasteiger partial charge in [0.15, 0.2) is 17.9 Å². The minimum atomic E-state index is -0.419. The molecule has 0 atom stereocenters. The van der Waals surface area contributed by atoms with Crippen molar-refractivity contribution in [2.75, 3.05) is 40.4 Å². The number of Topliss-reactive ketones (excluding diaryl/α,β-unsaturated/α-hetero) is 1. The summed E-state index contributed by atoms with van der Waals surface area (Å²) < 4.78 is 37.0. The lowest BCUT2D eigenvalue weighted by atomic mass is 9.98. The van der Waals surface area contributed by atoms with Crippen molar-refractivity contribution in [3.8, 4) is 17.2 Å². The number of ketones is 1. The highest BCUT2D eigenvalue weighted by atomic mass is 19.1. The molecule has 1 aliphatic carbocycles. The monoisotopic (exact) mass is 643 g/mol. The van der Waals surface area contributed by atoms with Gasteiger partial charge in [-0.1, -0.05) is 12.5 Å². The Kier molecular flexibility index (Phi) is 10.1. The molecule has 2 aromatic carbocycles. The van der Waals surface area contributed by atoms with Crippen LogP contribution >= 0.6 is 0 Å². The van der Waals surface area contributed by atoms with Gasteiger partial charge in [-0.2, -0.15) is 0 Å². The Bertz CT molecular complexity index is 1640. The number of piperidine rings is 2. The lowest BCUT2D eigenvalue weighted by Gasteiger charge is -2.39. The van der Waals surface area contributed by atoms with E-state index < -0.39 is 6.09 Å². The molecule has 2 aliphatic heterocycles. The van der Waals surface area contributed by atoms with Gasteiger partial charge in [-0.3, -0.25) is 4.79 Å². The Morgan fingerprint density at radius 2 is 1.72 bits per heavy atom. The molecular weight excluding hydrogens is 601 g/mol. The molecule has 248 valence electrons. The van der Waals surface area contributed by atoms with Gasteiger partial charge < -0.3 is 28.4 Å². The number of amides is 1. The van der Waals surface area contributed by atoms with Crippen LogP contribution in [0.4, 0.5) is 9.18 Å². The van der Waals surface area contributed by atoms with Gasteiger partial charge in [-0.15, -0.1) is 0 Å². The lowest BCUT2D eigenvalue weighted by molar-refractivity contribution is -0.118. The van der Waals surface area contributed by atoms with Crippen molar-refractivity contribution in [3.05, 3.63) is 76.8 Å². The number of hydrogen-bond acceptors (Lipinski definition) is 8. The Morgan fingerprint density at radius 3 is 2.38 bits per heavy atom. The Labute approximate surface area is 275 Å². The van der Waals surface area contributed by atoms with Crippen molar-refractivity contribution in [1.29, 1.82) is 0 Å². The highest BCUT2D eigenvalue weighted by Gasteiger charge is 2.30. The molecule has 2 saturated heterocycles. The van der Waals surface area contributed by atoms with Gasteiger partial charge in [0.25, 0.3) is 0 Å². The number of benzene rings is 2. The van der Waals surface area contributed by atoms with E-state index in [1.54, 1.807) is 23.1 Å². The lowest BCUT2D eigenvalue weighted by Crippen LogP contribution is -2.48. The third-order valence-corrected chi connectivity index (χ3v) is 9.58. The van der Waals surface area contributed by atoms with Gasteiger partial charge in [-0.05, 0) is 116 Å². The molecule has 3 aliphatic rings. The number of aromatic nitrogens is 1. The Hall–Kier alpha value is -4.44. The van der Waals surface area contributed by atoms with Crippen LogP contribution in [0.15, 0.2) is 52.9 Å². The second-order valence-electron chi connectivity index (χ2n) is 12.5. The number of carbonyl (C=O) groups is 2. The Balaban J connectivity index is 1.20. The normalized spacial score (nSPS) is 18.0. The maximum absolute atomic E-state index is 14.4. The summed E-state index contributed by atoms with van der Waals surface area (Å²) in [6, 6.07) is 8.85. The molecule has 0 radical (unpaired) electrons. The van der Waals surface area contributed by atoms with E-state index in [2.05, 4.69) is 9.88 Å². The number of allylic oxidation sites excluding steroid dienone is 3. The highest BCUT2D eigenvalue weighted by molar-refractivity contribution is 6.05. The smallest absolute Gasteiger partial charge is 0.415 e. The number of fused-ring (bicyclic) bond motifs is 1.